The Balaban J connectivity index is 2.22. The highest BCUT2D eigenvalue weighted by Gasteiger charge is 2.20. The van der Waals surface area contributed by atoms with Crippen LogP contribution >= 0.6 is 39.1 Å². The van der Waals surface area contributed by atoms with Crippen LogP contribution in [0.5, 0.6) is 0 Å². The number of ketones is 1. The standard InChI is InChI=1S/C17H12BrCl2N3O/c1-10-21-22-16(9-18)23(10)15-7-6-11(19)8-13(15)17(24)12-4-2-3-5-14(12)20/h2-8H,9H2,1H3. The van der Waals surface area contributed by atoms with Crippen LogP contribution in [-0.2, 0) is 5.33 Å². The molecular formula is C17H12BrCl2N3O. The van der Waals surface area contributed by atoms with Crippen molar-refractivity contribution in [3.63, 3.8) is 0 Å². The number of aryl methyl sites for hydroxylation is 1. The summed E-state index contributed by atoms with van der Waals surface area (Å²) < 4.78 is 1.83. The number of halogens is 3. The van der Waals surface area contributed by atoms with Crippen LogP contribution in [0.25, 0.3) is 5.69 Å². The van der Waals surface area contributed by atoms with E-state index in [1.165, 1.54) is 0 Å². The number of carbonyl (C=O) groups excluding carboxylic acids is 1. The van der Waals surface area contributed by atoms with Gasteiger partial charge in [0.25, 0.3) is 0 Å². The highest BCUT2D eigenvalue weighted by Crippen LogP contribution is 2.27. The highest BCUT2D eigenvalue weighted by molar-refractivity contribution is 9.08. The lowest BCUT2D eigenvalue weighted by Crippen LogP contribution is -2.11. The smallest absolute Gasteiger partial charge is 0.196 e. The number of benzene rings is 2. The van der Waals surface area contributed by atoms with Gasteiger partial charge in [0.15, 0.2) is 5.78 Å². The number of hydrogen-bond acceptors (Lipinski definition) is 3. The van der Waals surface area contributed by atoms with Crippen molar-refractivity contribution >= 4 is 44.9 Å². The fourth-order valence-corrected chi connectivity index (χ4v) is 3.24. The van der Waals surface area contributed by atoms with Crippen LogP contribution in [0.15, 0.2) is 42.5 Å². The maximum Gasteiger partial charge on any atom is 0.196 e. The van der Waals surface area contributed by atoms with E-state index < -0.39 is 0 Å². The molecular weight excluding hydrogens is 413 g/mol. The molecule has 0 aliphatic heterocycles. The van der Waals surface area contributed by atoms with E-state index >= 15 is 0 Å². The van der Waals surface area contributed by atoms with Gasteiger partial charge in [-0.05, 0) is 37.3 Å². The number of aromatic nitrogens is 3. The molecule has 3 aromatic rings. The third-order valence-corrected chi connectivity index (χ3v) is 4.64. The zero-order chi connectivity index (χ0) is 17.3. The van der Waals surface area contributed by atoms with Crippen LogP contribution in [0, 0.1) is 6.92 Å². The molecule has 1 aromatic heterocycles. The van der Waals surface area contributed by atoms with E-state index in [9.17, 15) is 4.79 Å². The molecule has 3 rings (SSSR count). The maximum atomic E-state index is 13.0. The monoisotopic (exact) mass is 423 g/mol. The molecule has 0 aliphatic rings. The van der Waals surface area contributed by atoms with Gasteiger partial charge in [0.1, 0.15) is 11.6 Å². The average molecular weight is 425 g/mol. The number of rotatable bonds is 4. The van der Waals surface area contributed by atoms with Crippen molar-refractivity contribution in [3.05, 3.63) is 75.3 Å². The van der Waals surface area contributed by atoms with Crippen LogP contribution in [0.1, 0.15) is 27.6 Å². The molecule has 2 aromatic carbocycles. The lowest BCUT2D eigenvalue weighted by Gasteiger charge is -2.13. The fraction of sp³-hybridized carbons (Fsp3) is 0.118. The van der Waals surface area contributed by atoms with Gasteiger partial charge in [0.2, 0.25) is 0 Å². The van der Waals surface area contributed by atoms with Gasteiger partial charge in [0.05, 0.1) is 16.0 Å². The topological polar surface area (TPSA) is 47.8 Å². The molecule has 0 spiro atoms. The van der Waals surface area contributed by atoms with Crippen molar-refractivity contribution in [3.8, 4) is 5.69 Å². The summed E-state index contributed by atoms with van der Waals surface area (Å²) in [4.78, 5) is 13.0. The Bertz CT molecular complexity index is 924. The first-order valence-electron chi connectivity index (χ1n) is 7.09. The summed E-state index contributed by atoms with van der Waals surface area (Å²) in [6, 6.07) is 12.1. The molecule has 0 atom stereocenters. The molecule has 0 saturated heterocycles. The average Bonchev–Trinajstić information content (AvgIpc) is 2.95. The molecule has 7 heteroatoms. The Morgan fingerprint density at radius 3 is 2.58 bits per heavy atom. The molecule has 0 fully saturated rings. The second kappa shape index (κ2) is 7.05. The van der Waals surface area contributed by atoms with E-state index in [2.05, 4.69) is 26.1 Å². The minimum absolute atomic E-state index is 0.202. The van der Waals surface area contributed by atoms with Crippen LogP contribution in [0.2, 0.25) is 10.0 Å². The normalized spacial score (nSPS) is 10.8. The number of alkyl halides is 1. The second-order valence-electron chi connectivity index (χ2n) is 5.10. The van der Waals surface area contributed by atoms with Crippen LogP contribution in [0.4, 0.5) is 0 Å². The largest absolute Gasteiger partial charge is 0.288 e. The molecule has 0 aliphatic carbocycles. The summed E-state index contributed by atoms with van der Waals surface area (Å²) in [5.74, 6) is 1.18. The zero-order valence-corrected chi connectivity index (χ0v) is 15.7. The van der Waals surface area contributed by atoms with E-state index in [0.717, 1.165) is 0 Å². The minimum Gasteiger partial charge on any atom is -0.288 e. The van der Waals surface area contributed by atoms with Gasteiger partial charge in [-0.25, -0.2) is 0 Å². The van der Waals surface area contributed by atoms with Gasteiger partial charge in [-0.1, -0.05) is 51.3 Å². The Hall–Kier alpha value is -1.69. The first-order chi connectivity index (χ1) is 11.5. The molecule has 0 N–H and O–H groups in total. The van der Waals surface area contributed by atoms with Crippen molar-refractivity contribution in [1.82, 2.24) is 14.8 Å². The molecule has 1 heterocycles. The molecule has 24 heavy (non-hydrogen) atoms. The molecule has 0 radical (unpaired) electrons. The van der Waals surface area contributed by atoms with Gasteiger partial charge in [-0.3, -0.25) is 9.36 Å². The third-order valence-electron chi connectivity index (χ3n) is 3.57. The maximum absolute atomic E-state index is 13.0. The number of hydrogen-bond donors (Lipinski definition) is 0. The van der Waals surface area contributed by atoms with Crippen molar-refractivity contribution in [1.29, 1.82) is 0 Å². The van der Waals surface area contributed by atoms with E-state index in [1.54, 1.807) is 42.5 Å². The van der Waals surface area contributed by atoms with Crippen LogP contribution in [-0.4, -0.2) is 20.5 Å². The van der Waals surface area contributed by atoms with Gasteiger partial charge >= 0.3 is 0 Å². The lowest BCUT2D eigenvalue weighted by atomic mass is 10.0. The van der Waals surface area contributed by atoms with E-state index in [4.69, 9.17) is 23.2 Å². The molecule has 122 valence electrons. The number of nitrogens with zero attached hydrogens (tertiary/aromatic N) is 3. The van der Waals surface area contributed by atoms with Gasteiger partial charge < -0.3 is 0 Å². The Kier molecular flexibility index (Phi) is 5.04. The first-order valence-corrected chi connectivity index (χ1v) is 8.96. The molecule has 0 bridgehead atoms. The summed E-state index contributed by atoms with van der Waals surface area (Å²) in [5, 5.41) is 9.59. The molecule has 0 saturated carbocycles. The highest BCUT2D eigenvalue weighted by atomic mass is 79.9. The van der Waals surface area contributed by atoms with E-state index in [0.29, 0.717) is 43.8 Å². The van der Waals surface area contributed by atoms with E-state index in [-0.39, 0.29) is 5.78 Å². The van der Waals surface area contributed by atoms with Crippen molar-refractivity contribution in [2.24, 2.45) is 0 Å². The first kappa shape index (κ1) is 17.1. The van der Waals surface area contributed by atoms with Gasteiger partial charge in [-0.2, -0.15) is 0 Å². The molecule has 0 unspecified atom stereocenters. The van der Waals surface area contributed by atoms with E-state index in [1.807, 2.05) is 11.5 Å². The fourth-order valence-electron chi connectivity index (χ4n) is 2.48. The molecule has 4 nitrogen and oxygen atoms in total. The van der Waals surface area contributed by atoms with Crippen molar-refractivity contribution < 1.29 is 4.79 Å². The second-order valence-corrected chi connectivity index (χ2v) is 6.51. The Morgan fingerprint density at radius 2 is 1.88 bits per heavy atom. The van der Waals surface area contributed by atoms with Crippen LogP contribution in [0.3, 0.4) is 0 Å². The third kappa shape index (κ3) is 3.11. The quantitative estimate of drug-likeness (QED) is 0.437. The zero-order valence-electron chi connectivity index (χ0n) is 12.6. The Morgan fingerprint density at radius 1 is 1.12 bits per heavy atom. The number of carbonyl (C=O) groups is 1. The van der Waals surface area contributed by atoms with Crippen LogP contribution < -0.4 is 0 Å². The SMILES string of the molecule is Cc1nnc(CBr)n1-c1ccc(Cl)cc1C(=O)c1ccccc1Cl. The predicted octanol–water partition coefficient (Wildman–Crippen LogP) is 5.01. The lowest BCUT2D eigenvalue weighted by molar-refractivity contribution is 0.103. The summed E-state index contributed by atoms with van der Waals surface area (Å²) in [5.41, 5.74) is 1.54. The van der Waals surface area contributed by atoms with Crippen molar-refractivity contribution in [2.45, 2.75) is 12.3 Å². The minimum atomic E-state index is -0.202. The van der Waals surface area contributed by atoms with Crippen molar-refractivity contribution in [2.75, 3.05) is 0 Å². The summed E-state index contributed by atoms with van der Waals surface area (Å²) in [7, 11) is 0. The van der Waals surface area contributed by atoms with Gasteiger partial charge in [-0.15, -0.1) is 10.2 Å². The predicted molar refractivity (Wildman–Crippen MR) is 98.6 cm³/mol. The molecule has 0 amide bonds. The summed E-state index contributed by atoms with van der Waals surface area (Å²) >= 11 is 15.7. The Labute approximate surface area is 157 Å². The van der Waals surface area contributed by atoms with Gasteiger partial charge in [0, 0.05) is 16.1 Å². The summed E-state index contributed by atoms with van der Waals surface area (Å²) in [6.07, 6.45) is 0. The summed E-state index contributed by atoms with van der Waals surface area (Å²) in [6.45, 7) is 1.83.